The Bertz CT molecular complexity index is 946. The summed E-state index contributed by atoms with van der Waals surface area (Å²) in [6, 6.07) is 9.35. The summed E-state index contributed by atoms with van der Waals surface area (Å²) in [4.78, 5) is 22.2. The van der Waals surface area contributed by atoms with Crippen molar-refractivity contribution in [2.24, 2.45) is 0 Å². The summed E-state index contributed by atoms with van der Waals surface area (Å²) < 4.78 is 1.61. The topological polar surface area (TPSA) is 80.9 Å². The molecule has 0 atom stereocenters. The largest absolute Gasteiger partial charge is 0.280 e. The van der Waals surface area contributed by atoms with Gasteiger partial charge in [-0.1, -0.05) is 29.3 Å². The molecule has 0 bridgehead atoms. The third-order valence-corrected chi connectivity index (χ3v) is 4.03. The first-order valence-corrected chi connectivity index (χ1v) is 7.02. The second-order valence-electron chi connectivity index (χ2n) is 4.73. The van der Waals surface area contributed by atoms with Crippen LogP contribution >= 0.6 is 23.2 Å². The first-order chi connectivity index (χ1) is 10.5. The molecule has 1 N–H and O–H groups in total. The Morgan fingerprint density at radius 1 is 1.14 bits per heavy atom. The van der Waals surface area contributed by atoms with E-state index in [1.165, 1.54) is 12.1 Å². The number of halogens is 2. The highest BCUT2D eigenvalue weighted by molar-refractivity contribution is 6.42. The molecule has 0 amide bonds. The number of nitro benzene ring substituents is 1. The molecule has 0 aliphatic rings. The first kappa shape index (κ1) is 14.6. The second kappa shape index (κ2) is 5.47. The van der Waals surface area contributed by atoms with Gasteiger partial charge in [0, 0.05) is 12.1 Å². The number of benzene rings is 2. The van der Waals surface area contributed by atoms with Gasteiger partial charge in [0.2, 0.25) is 0 Å². The zero-order valence-electron chi connectivity index (χ0n) is 11.0. The lowest BCUT2D eigenvalue weighted by atomic mass is 10.2. The van der Waals surface area contributed by atoms with Crippen LogP contribution in [-0.4, -0.2) is 14.7 Å². The molecule has 22 heavy (non-hydrogen) atoms. The number of rotatable bonds is 3. The van der Waals surface area contributed by atoms with Gasteiger partial charge in [0.25, 0.3) is 11.2 Å². The van der Waals surface area contributed by atoms with Crippen molar-refractivity contribution in [2.45, 2.75) is 6.54 Å². The van der Waals surface area contributed by atoms with Crippen molar-refractivity contribution in [3.05, 3.63) is 72.5 Å². The number of non-ortho nitro benzene ring substituents is 1. The Kier molecular flexibility index (Phi) is 3.64. The van der Waals surface area contributed by atoms with Gasteiger partial charge in [0.1, 0.15) is 0 Å². The van der Waals surface area contributed by atoms with E-state index >= 15 is 0 Å². The molecule has 0 aliphatic heterocycles. The van der Waals surface area contributed by atoms with Crippen molar-refractivity contribution in [2.75, 3.05) is 0 Å². The minimum Gasteiger partial charge on any atom is -0.280 e. The van der Waals surface area contributed by atoms with Crippen molar-refractivity contribution >= 4 is 39.8 Å². The number of hydrogen-bond donors (Lipinski definition) is 1. The van der Waals surface area contributed by atoms with E-state index in [0.29, 0.717) is 22.1 Å². The number of H-pyrrole nitrogens is 1. The van der Waals surface area contributed by atoms with E-state index in [9.17, 15) is 14.9 Å². The highest BCUT2D eigenvalue weighted by atomic mass is 35.5. The van der Waals surface area contributed by atoms with E-state index in [1.807, 2.05) is 0 Å². The summed E-state index contributed by atoms with van der Waals surface area (Å²) in [6.45, 7) is 0.368. The summed E-state index contributed by atoms with van der Waals surface area (Å²) in [5, 5.41) is 14.6. The van der Waals surface area contributed by atoms with Crippen LogP contribution in [0, 0.1) is 10.1 Å². The Hall–Kier alpha value is -2.31. The van der Waals surface area contributed by atoms with Crippen molar-refractivity contribution < 1.29 is 4.92 Å². The second-order valence-corrected chi connectivity index (χ2v) is 5.55. The molecule has 2 aromatic carbocycles. The fourth-order valence-corrected chi connectivity index (χ4v) is 2.56. The monoisotopic (exact) mass is 337 g/mol. The molecule has 0 radical (unpaired) electrons. The summed E-state index contributed by atoms with van der Waals surface area (Å²) in [5.74, 6) is 0. The zero-order valence-corrected chi connectivity index (χ0v) is 12.6. The summed E-state index contributed by atoms with van der Waals surface area (Å²) in [7, 11) is 0. The van der Waals surface area contributed by atoms with Crippen LogP contribution in [0.2, 0.25) is 10.0 Å². The molecule has 1 heterocycles. The molecule has 0 aliphatic carbocycles. The van der Waals surface area contributed by atoms with Crippen molar-refractivity contribution in [3.63, 3.8) is 0 Å². The first-order valence-electron chi connectivity index (χ1n) is 6.26. The number of aromatic amines is 1. The van der Waals surface area contributed by atoms with Gasteiger partial charge in [0.15, 0.2) is 0 Å². The molecule has 3 aromatic rings. The Labute approximate surface area is 134 Å². The Morgan fingerprint density at radius 2 is 1.91 bits per heavy atom. The molecule has 0 saturated carbocycles. The smallest absolute Gasteiger partial charge is 0.272 e. The van der Waals surface area contributed by atoms with Crippen LogP contribution in [0.15, 0.2) is 41.2 Å². The lowest BCUT2D eigenvalue weighted by molar-refractivity contribution is -0.384. The molecule has 112 valence electrons. The predicted octanol–water partition coefficient (Wildman–Crippen LogP) is 3.59. The van der Waals surface area contributed by atoms with Crippen LogP contribution < -0.4 is 5.56 Å². The van der Waals surface area contributed by atoms with Crippen molar-refractivity contribution in [1.82, 2.24) is 9.78 Å². The van der Waals surface area contributed by atoms with Crippen molar-refractivity contribution in [1.29, 1.82) is 0 Å². The normalized spacial score (nSPS) is 11.0. The highest BCUT2D eigenvalue weighted by Crippen LogP contribution is 2.24. The number of fused-ring (bicyclic) bond motifs is 1. The molecular formula is C14H9Cl2N3O3. The van der Waals surface area contributed by atoms with Gasteiger partial charge >= 0.3 is 0 Å². The van der Waals surface area contributed by atoms with Gasteiger partial charge in [-0.2, -0.15) is 0 Å². The maximum atomic E-state index is 11.9. The molecule has 6 nitrogen and oxygen atoms in total. The van der Waals surface area contributed by atoms with E-state index in [2.05, 4.69) is 5.10 Å². The fraction of sp³-hybridized carbons (Fsp3) is 0.0714. The van der Waals surface area contributed by atoms with Crippen LogP contribution in [0.5, 0.6) is 0 Å². The van der Waals surface area contributed by atoms with Crippen LogP contribution in [-0.2, 0) is 6.54 Å². The number of aromatic nitrogens is 2. The van der Waals surface area contributed by atoms with E-state index < -0.39 is 4.92 Å². The van der Waals surface area contributed by atoms with Gasteiger partial charge < -0.3 is 0 Å². The molecule has 8 heteroatoms. The molecule has 3 rings (SSSR count). The van der Waals surface area contributed by atoms with Crippen LogP contribution in [0.1, 0.15) is 5.56 Å². The van der Waals surface area contributed by atoms with Crippen molar-refractivity contribution in [3.8, 4) is 0 Å². The maximum absolute atomic E-state index is 11.9. The van der Waals surface area contributed by atoms with Gasteiger partial charge in [-0.3, -0.25) is 24.7 Å². The molecule has 0 saturated heterocycles. The van der Waals surface area contributed by atoms with Gasteiger partial charge in [-0.15, -0.1) is 0 Å². The van der Waals surface area contributed by atoms with Crippen LogP contribution in [0.3, 0.4) is 0 Å². The summed E-state index contributed by atoms with van der Waals surface area (Å²) >= 11 is 11.8. The van der Waals surface area contributed by atoms with E-state index in [4.69, 9.17) is 23.2 Å². The number of nitro groups is 1. The zero-order chi connectivity index (χ0) is 15.9. The average molecular weight is 338 g/mol. The molecular weight excluding hydrogens is 329 g/mol. The summed E-state index contributed by atoms with van der Waals surface area (Å²) in [6.07, 6.45) is 0. The lowest BCUT2D eigenvalue weighted by Gasteiger charge is -2.06. The minimum absolute atomic E-state index is 0.120. The number of hydrogen-bond acceptors (Lipinski definition) is 3. The fourth-order valence-electron chi connectivity index (χ4n) is 2.24. The molecule has 0 spiro atoms. The van der Waals surface area contributed by atoms with Gasteiger partial charge in [0.05, 0.1) is 32.4 Å². The Balaban J connectivity index is 2.06. The van der Waals surface area contributed by atoms with E-state index in [1.54, 1.807) is 28.9 Å². The highest BCUT2D eigenvalue weighted by Gasteiger charge is 2.13. The predicted molar refractivity (Wildman–Crippen MR) is 84.8 cm³/mol. The molecule has 0 unspecified atom stereocenters. The Morgan fingerprint density at radius 3 is 2.59 bits per heavy atom. The molecule has 0 fully saturated rings. The number of nitrogens with one attached hydrogen (secondary N) is 1. The summed E-state index contributed by atoms with van der Waals surface area (Å²) in [5.41, 5.74) is 0.937. The van der Waals surface area contributed by atoms with Crippen LogP contribution in [0.25, 0.3) is 10.9 Å². The van der Waals surface area contributed by atoms with E-state index in [0.717, 1.165) is 5.56 Å². The van der Waals surface area contributed by atoms with Gasteiger partial charge in [-0.25, -0.2) is 0 Å². The van der Waals surface area contributed by atoms with E-state index in [-0.39, 0.29) is 16.6 Å². The minimum atomic E-state index is -0.533. The standard InChI is InChI=1S/C14H9Cl2N3O3/c15-11-3-1-8(5-12(11)16)7-18-13-4-2-9(19(21)22)6-10(13)14(20)17-18/h1-6H,7H2,(H,17,20). The quantitative estimate of drug-likeness (QED) is 0.585. The third kappa shape index (κ3) is 2.58. The lowest BCUT2D eigenvalue weighted by Crippen LogP contribution is -2.06. The molecule has 1 aromatic heterocycles. The third-order valence-electron chi connectivity index (χ3n) is 3.29. The average Bonchev–Trinajstić information content (AvgIpc) is 2.79. The maximum Gasteiger partial charge on any atom is 0.272 e. The SMILES string of the molecule is O=c1[nH]n(Cc2ccc(Cl)c(Cl)c2)c2ccc([N+](=O)[O-])cc12. The number of nitrogens with zero attached hydrogens (tertiary/aromatic N) is 2. The van der Waals surface area contributed by atoms with Gasteiger partial charge in [-0.05, 0) is 23.8 Å². The van der Waals surface area contributed by atoms with Crippen LogP contribution in [0.4, 0.5) is 5.69 Å².